The van der Waals surface area contributed by atoms with E-state index in [9.17, 15) is 9.59 Å². The first-order chi connectivity index (χ1) is 15.0. The van der Waals surface area contributed by atoms with Crippen molar-refractivity contribution < 1.29 is 23.8 Å². The smallest absolute Gasteiger partial charge is 0.352 e. The summed E-state index contributed by atoms with van der Waals surface area (Å²) in [4.78, 5) is 26.0. The van der Waals surface area contributed by atoms with Gasteiger partial charge in [-0.1, -0.05) is 54.6 Å². The lowest BCUT2D eigenvalue weighted by Gasteiger charge is -2.26. The standard InChI is InChI=1S/C25H23NO5/c1-16-12-13-17(2)19(14-16)26-24(27)23(18-8-4-3-5-9-18)31-25(28)22-15-29-20-10-6-7-11-21(20)30-22/h3-14,22-23H,15H2,1-2H3,(H,26,27)/t22-,23+/m0/s1. The van der Waals surface area contributed by atoms with Gasteiger partial charge < -0.3 is 19.5 Å². The quantitative estimate of drug-likeness (QED) is 0.624. The summed E-state index contributed by atoms with van der Waals surface area (Å²) in [5.74, 6) is -0.0736. The van der Waals surface area contributed by atoms with Crippen molar-refractivity contribution in [1.29, 1.82) is 0 Å². The van der Waals surface area contributed by atoms with E-state index >= 15 is 0 Å². The molecule has 6 heteroatoms. The lowest BCUT2D eigenvalue weighted by Crippen LogP contribution is -2.39. The highest BCUT2D eigenvalue weighted by Crippen LogP contribution is 2.32. The Morgan fingerprint density at radius 2 is 1.68 bits per heavy atom. The number of carbonyl (C=O) groups excluding carboxylic acids is 2. The summed E-state index contributed by atoms with van der Waals surface area (Å²) in [5, 5.41) is 2.89. The van der Waals surface area contributed by atoms with Gasteiger partial charge in [-0.05, 0) is 43.2 Å². The molecule has 0 saturated heterocycles. The number of aryl methyl sites for hydroxylation is 2. The first-order valence-corrected chi connectivity index (χ1v) is 10.0. The maximum Gasteiger partial charge on any atom is 0.352 e. The molecule has 2 atom stereocenters. The molecule has 158 valence electrons. The van der Waals surface area contributed by atoms with E-state index in [0.29, 0.717) is 22.7 Å². The van der Waals surface area contributed by atoms with Gasteiger partial charge in [-0.25, -0.2) is 4.79 Å². The predicted octanol–water partition coefficient (Wildman–Crippen LogP) is 4.37. The van der Waals surface area contributed by atoms with Gasteiger partial charge in [0.25, 0.3) is 5.91 Å². The third-order valence-corrected chi connectivity index (χ3v) is 5.00. The minimum absolute atomic E-state index is 0.00988. The Morgan fingerprint density at radius 1 is 0.968 bits per heavy atom. The predicted molar refractivity (Wildman–Crippen MR) is 116 cm³/mol. The zero-order chi connectivity index (χ0) is 21.8. The number of para-hydroxylation sites is 2. The normalized spacial score (nSPS) is 15.6. The Balaban J connectivity index is 1.54. The summed E-state index contributed by atoms with van der Waals surface area (Å²) in [7, 11) is 0. The van der Waals surface area contributed by atoms with E-state index in [-0.39, 0.29) is 6.61 Å². The lowest BCUT2D eigenvalue weighted by molar-refractivity contribution is -0.164. The van der Waals surface area contributed by atoms with E-state index < -0.39 is 24.1 Å². The minimum atomic E-state index is -1.13. The maximum absolute atomic E-state index is 13.1. The molecule has 1 amide bonds. The van der Waals surface area contributed by atoms with Gasteiger partial charge in [0.05, 0.1) is 0 Å². The van der Waals surface area contributed by atoms with Gasteiger partial charge in [-0.3, -0.25) is 4.79 Å². The number of hydrogen-bond acceptors (Lipinski definition) is 5. The second kappa shape index (κ2) is 8.92. The van der Waals surface area contributed by atoms with Gasteiger partial charge in [0.15, 0.2) is 11.5 Å². The number of rotatable bonds is 5. The van der Waals surface area contributed by atoms with E-state index in [4.69, 9.17) is 14.2 Å². The number of fused-ring (bicyclic) bond motifs is 1. The van der Waals surface area contributed by atoms with E-state index in [0.717, 1.165) is 11.1 Å². The Labute approximate surface area is 180 Å². The molecule has 1 heterocycles. The molecule has 6 nitrogen and oxygen atoms in total. The van der Waals surface area contributed by atoms with Crippen molar-refractivity contribution in [2.24, 2.45) is 0 Å². The molecule has 4 rings (SSSR count). The highest BCUT2D eigenvalue weighted by atomic mass is 16.6. The Morgan fingerprint density at radius 3 is 2.45 bits per heavy atom. The third kappa shape index (κ3) is 4.69. The molecular weight excluding hydrogens is 394 g/mol. The first kappa shape index (κ1) is 20.5. The van der Waals surface area contributed by atoms with Gasteiger partial charge in [-0.15, -0.1) is 0 Å². The Kier molecular flexibility index (Phi) is 5.89. The molecule has 0 saturated carbocycles. The largest absolute Gasteiger partial charge is 0.485 e. The molecule has 0 bridgehead atoms. The van der Waals surface area contributed by atoms with Crippen molar-refractivity contribution in [3.05, 3.63) is 89.5 Å². The van der Waals surface area contributed by atoms with Gasteiger partial charge in [0.1, 0.15) is 6.61 Å². The molecule has 0 aromatic heterocycles. The maximum atomic E-state index is 13.1. The molecule has 0 unspecified atom stereocenters. The second-order valence-electron chi connectivity index (χ2n) is 7.40. The Hall–Kier alpha value is -3.80. The monoisotopic (exact) mass is 417 g/mol. The van der Waals surface area contributed by atoms with Crippen LogP contribution in [0.4, 0.5) is 5.69 Å². The number of nitrogens with one attached hydrogen (secondary N) is 1. The SMILES string of the molecule is Cc1ccc(C)c(NC(=O)[C@H](OC(=O)[C@@H]2COc3ccccc3O2)c2ccccc2)c1. The molecule has 3 aromatic carbocycles. The molecule has 0 fully saturated rings. The van der Waals surface area contributed by atoms with Crippen molar-refractivity contribution in [1.82, 2.24) is 0 Å². The zero-order valence-electron chi connectivity index (χ0n) is 17.3. The van der Waals surface area contributed by atoms with E-state index in [1.54, 1.807) is 42.5 Å². The minimum Gasteiger partial charge on any atom is -0.485 e. The Bertz CT molecular complexity index is 1100. The van der Waals surface area contributed by atoms with Crippen LogP contribution in [0.15, 0.2) is 72.8 Å². The van der Waals surface area contributed by atoms with Crippen LogP contribution >= 0.6 is 0 Å². The van der Waals surface area contributed by atoms with Crippen LogP contribution in [0.5, 0.6) is 11.5 Å². The van der Waals surface area contributed by atoms with Crippen LogP contribution in [0.1, 0.15) is 22.8 Å². The number of amides is 1. The highest BCUT2D eigenvalue weighted by molar-refractivity contribution is 5.97. The average Bonchev–Trinajstić information content (AvgIpc) is 2.80. The summed E-state index contributed by atoms with van der Waals surface area (Å²) >= 11 is 0. The van der Waals surface area contributed by atoms with Crippen molar-refractivity contribution in [2.45, 2.75) is 26.1 Å². The second-order valence-corrected chi connectivity index (χ2v) is 7.40. The zero-order valence-corrected chi connectivity index (χ0v) is 17.3. The van der Waals surface area contributed by atoms with Crippen molar-refractivity contribution >= 4 is 17.6 Å². The van der Waals surface area contributed by atoms with E-state index in [1.807, 2.05) is 44.2 Å². The van der Waals surface area contributed by atoms with Crippen molar-refractivity contribution in [3.8, 4) is 11.5 Å². The first-order valence-electron chi connectivity index (χ1n) is 10.0. The van der Waals surface area contributed by atoms with Crippen LogP contribution < -0.4 is 14.8 Å². The summed E-state index contributed by atoms with van der Waals surface area (Å²) in [5.41, 5.74) is 3.17. The highest BCUT2D eigenvalue weighted by Gasteiger charge is 2.33. The molecule has 0 aliphatic carbocycles. The fourth-order valence-electron chi connectivity index (χ4n) is 3.30. The van der Waals surface area contributed by atoms with E-state index in [2.05, 4.69) is 5.32 Å². The fraction of sp³-hybridized carbons (Fsp3) is 0.200. The molecule has 0 spiro atoms. The molecule has 3 aromatic rings. The molecule has 1 N–H and O–H groups in total. The molecule has 1 aliphatic heterocycles. The fourth-order valence-corrected chi connectivity index (χ4v) is 3.30. The average molecular weight is 417 g/mol. The van der Waals surface area contributed by atoms with Crippen molar-refractivity contribution in [3.63, 3.8) is 0 Å². The van der Waals surface area contributed by atoms with Gasteiger partial charge in [-0.2, -0.15) is 0 Å². The number of anilines is 1. The summed E-state index contributed by atoms with van der Waals surface area (Å²) in [6.07, 6.45) is -2.09. The van der Waals surface area contributed by atoms with Gasteiger partial charge >= 0.3 is 5.97 Å². The molecule has 0 radical (unpaired) electrons. The third-order valence-electron chi connectivity index (χ3n) is 5.00. The number of esters is 1. The van der Waals surface area contributed by atoms with Crippen LogP contribution in [-0.2, 0) is 14.3 Å². The van der Waals surface area contributed by atoms with Crippen LogP contribution in [0.3, 0.4) is 0 Å². The van der Waals surface area contributed by atoms with Crippen LogP contribution in [0, 0.1) is 13.8 Å². The van der Waals surface area contributed by atoms with Crippen LogP contribution in [-0.4, -0.2) is 24.6 Å². The topological polar surface area (TPSA) is 73.9 Å². The number of benzene rings is 3. The summed E-state index contributed by atoms with van der Waals surface area (Å²) in [6, 6.07) is 21.8. The van der Waals surface area contributed by atoms with Gasteiger partial charge in [0.2, 0.25) is 12.2 Å². The number of carbonyl (C=O) groups is 2. The molecule has 1 aliphatic rings. The molecular formula is C25H23NO5. The van der Waals surface area contributed by atoms with Crippen LogP contribution in [0.2, 0.25) is 0 Å². The molecule has 31 heavy (non-hydrogen) atoms. The van der Waals surface area contributed by atoms with Crippen LogP contribution in [0.25, 0.3) is 0 Å². The van der Waals surface area contributed by atoms with E-state index in [1.165, 1.54) is 0 Å². The number of ether oxygens (including phenoxy) is 3. The number of hydrogen-bond donors (Lipinski definition) is 1. The van der Waals surface area contributed by atoms with Crippen molar-refractivity contribution in [2.75, 3.05) is 11.9 Å². The summed E-state index contributed by atoms with van der Waals surface area (Å²) < 4.78 is 17.0. The van der Waals surface area contributed by atoms with Gasteiger partial charge in [0, 0.05) is 11.3 Å². The lowest BCUT2D eigenvalue weighted by atomic mass is 10.1. The summed E-state index contributed by atoms with van der Waals surface area (Å²) in [6.45, 7) is 3.86.